The number of hydrogen-bond acceptors (Lipinski definition) is 3. The highest BCUT2D eigenvalue weighted by atomic mass is 35.5. The highest BCUT2D eigenvalue weighted by Crippen LogP contribution is 2.23. The standard InChI is InChI=1S/C20H31N3O2.ClH/c1-3-21-14-16-8-7-11-18(13-16)23-19(24)12-15(2)22-20(25)17-9-5-4-6-10-17;/h7-8,11,13,15,17,21H,3-6,9-10,12,14H2,1-2H3,(H,22,25)(H,23,24);1H. The van der Waals surface area contributed by atoms with Gasteiger partial charge in [-0.3, -0.25) is 9.59 Å². The highest BCUT2D eigenvalue weighted by molar-refractivity contribution is 5.91. The van der Waals surface area contributed by atoms with Gasteiger partial charge in [-0.05, 0) is 44.0 Å². The molecule has 5 nitrogen and oxygen atoms in total. The first-order chi connectivity index (χ1) is 12.1. The van der Waals surface area contributed by atoms with Gasteiger partial charge in [-0.15, -0.1) is 12.4 Å². The lowest BCUT2D eigenvalue weighted by Crippen LogP contribution is -2.39. The van der Waals surface area contributed by atoms with Crippen LogP contribution in [0.5, 0.6) is 0 Å². The number of carbonyl (C=O) groups is 2. The molecule has 0 aliphatic heterocycles. The smallest absolute Gasteiger partial charge is 0.226 e. The van der Waals surface area contributed by atoms with E-state index in [0.29, 0.717) is 0 Å². The maximum atomic E-state index is 12.2. The molecule has 0 bridgehead atoms. The van der Waals surface area contributed by atoms with Crippen LogP contribution in [0.25, 0.3) is 0 Å². The molecule has 1 aliphatic carbocycles. The van der Waals surface area contributed by atoms with E-state index >= 15 is 0 Å². The van der Waals surface area contributed by atoms with Gasteiger partial charge in [0.25, 0.3) is 0 Å². The van der Waals surface area contributed by atoms with Crippen LogP contribution in [0.1, 0.15) is 57.9 Å². The number of hydrogen-bond donors (Lipinski definition) is 3. The van der Waals surface area contributed by atoms with Crippen LogP contribution in [0, 0.1) is 5.92 Å². The summed E-state index contributed by atoms with van der Waals surface area (Å²) in [6, 6.07) is 7.69. The number of nitrogens with one attached hydrogen (secondary N) is 3. The van der Waals surface area contributed by atoms with Crippen LogP contribution in [0.2, 0.25) is 0 Å². The van der Waals surface area contributed by atoms with E-state index in [1.165, 1.54) is 6.42 Å². The van der Waals surface area contributed by atoms with Crippen LogP contribution in [0.4, 0.5) is 5.69 Å². The average Bonchev–Trinajstić information content (AvgIpc) is 2.60. The molecule has 0 spiro atoms. The molecule has 0 heterocycles. The Hall–Kier alpha value is -1.59. The first kappa shape index (κ1) is 22.5. The summed E-state index contributed by atoms with van der Waals surface area (Å²) in [5, 5.41) is 9.19. The van der Waals surface area contributed by atoms with Crippen LogP contribution in [0.3, 0.4) is 0 Å². The summed E-state index contributed by atoms with van der Waals surface area (Å²) in [5.41, 5.74) is 1.93. The summed E-state index contributed by atoms with van der Waals surface area (Å²) in [4.78, 5) is 24.5. The lowest BCUT2D eigenvalue weighted by Gasteiger charge is -2.23. The fraction of sp³-hybridized carbons (Fsp3) is 0.600. The Bertz CT molecular complexity index is 574. The number of benzene rings is 1. The molecule has 1 saturated carbocycles. The Morgan fingerprint density at radius 3 is 2.62 bits per heavy atom. The molecule has 6 heteroatoms. The van der Waals surface area contributed by atoms with Gasteiger partial charge < -0.3 is 16.0 Å². The monoisotopic (exact) mass is 381 g/mol. The van der Waals surface area contributed by atoms with Gasteiger partial charge in [-0.2, -0.15) is 0 Å². The first-order valence-electron chi connectivity index (χ1n) is 9.48. The second-order valence-corrected chi connectivity index (χ2v) is 6.98. The van der Waals surface area contributed by atoms with Crippen molar-refractivity contribution < 1.29 is 9.59 Å². The molecular formula is C20H32ClN3O2. The molecule has 3 N–H and O–H groups in total. The quantitative estimate of drug-likeness (QED) is 0.644. The van der Waals surface area contributed by atoms with Gasteiger partial charge >= 0.3 is 0 Å². The van der Waals surface area contributed by atoms with Crippen molar-refractivity contribution in [2.45, 2.75) is 65.0 Å². The third-order valence-electron chi connectivity index (χ3n) is 4.65. The van der Waals surface area contributed by atoms with E-state index in [1.807, 2.05) is 31.2 Å². The van der Waals surface area contributed by atoms with E-state index in [0.717, 1.165) is 50.0 Å². The van der Waals surface area contributed by atoms with Crippen LogP contribution in [-0.4, -0.2) is 24.4 Å². The Balaban J connectivity index is 0.00000338. The van der Waals surface area contributed by atoms with Crippen molar-refractivity contribution in [1.29, 1.82) is 0 Å². The van der Waals surface area contributed by atoms with E-state index in [-0.39, 0.29) is 42.6 Å². The number of anilines is 1. The van der Waals surface area contributed by atoms with Crippen molar-refractivity contribution in [3.8, 4) is 0 Å². The van der Waals surface area contributed by atoms with Crippen LogP contribution < -0.4 is 16.0 Å². The zero-order valence-corrected chi connectivity index (χ0v) is 16.7. The molecule has 0 radical (unpaired) electrons. The van der Waals surface area contributed by atoms with E-state index < -0.39 is 0 Å². The van der Waals surface area contributed by atoms with E-state index in [4.69, 9.17) is 0 Å². The average molecular weight is 382 g/mol. The van der Waals surface area contributed by atoms with Gasteiger partial charge in [0, 0.05) is 30.6 Å². The normalized spacial score (nSPS) is 15.6. The lowest BCUT2D eigenvalue weighted by molar-refractivity contribution is -0.126. The Labute approximate surface area is 163 Å². The van der Waals surface area contributed by atoms with E-state index in [2.05, 4.69) is 22.9 Å². The number of rotatable bonds is 8. The largest absolute Gasteiger partial charge is 0.353 e. The second-order valence-electron chi connectivity index (χ2n) is 6.98. The summed E-state index contributed by atoms with van der Waals surface area (Å²) in [6.07, 6.45) is 5.74. The van der Waals surface area contributed by atoms with E-state index in [9.17, 15) is 9.59 Å². The second kappa shape index (κ2) is 11.9. The molecule has 0 aromatic heterocycles. The van der Waals surface area contributed by atoms with Crippen molar-refractivity contribution in [2.24, 2.45) is 5.92 Å². The minimum Gasteiger partial charge on any atom is -0.353 e. The van der Waals surface area contributed by atoms with Crippen molar-refractivity contribution in [3.63, 3.8) is 0 Å². The SMILES string of the molecule is CCNCc1cccc(NC(=O)CC(C)NC(=O)C2CCCCC2)c1.Cl. The molecule has 1 fully saturated rings. The van der Waals surface area contributed by atoms with Crippen LogP contribution in [0.15, 0.2) is 24.3 Å². The zero-order chi connectivity index (χ0) is 18.1. The van der Waals surface area contributed by atoms with Gasteiger partial charge in [0.15, 0.2) is 0 Å². The molecule has 1 aliphatic rings. The van der Waals surface area contributed by atoms with Crippen LogP contribution in [-0.2, 0) is 16.1 Å². The third-order valence-corrected chi connectivity index (χ3v) is 4.65. The fourth-order valence-corrected chi connectivity index (χ4v) is 3.30. The van der Waals surface area contributed by atoms with Gasteiger partial charge in [0.05, 0.1) is 0 Å². The van der Waals surface area contributed by atoms with Gasteiger partial charge in [-0.1, -0.05) is 38.3 Å². The van der Waals surface area contributed by atoms with Crippen molar-refractivity contribution in [1.82, 2.24) is 10.6 Å². The number of halogens is 1. The summed E-state index contributed by atoms with van der Waals surface area (Å²) < 4.78 is 0. The minimum absolute atomic E-state index is 0. The molecule has 26 heavy (non-hydrogen) atoms. The summed E-state index contributed by atoms with van der Waals surface area (Å²) in [7, 11) is 0. The minimum atomic E-state index is -0.153. The Morgan fingerprint density at radius 1 is 1.19 bits per heavy atom. The maximum Gasteiger partial charge on any atom is 0.226 e. The molecule has 1 atom stereocenters. The summed E-state index contributed by atoms with van der Waals surface area (Å²) in [6.45, 7) is 5.65. The Morgan fingerprint density at radius 2 is 1.92 bits per heavy atom. The third kappa shape index (κ3) is 7.75. The predicted molar refractivity (Wildman–Crippen MR) is 108 cm³/mol. The molecular weight excluding hydrogens is 350 g/mol. The Kier molecular flexibility index (Phi) is 10.3. The number of carbonyl (C=O) groups excluding carboxylic acids is 2. The molecule has 1 unspecified atom stereocenters. The first-order valence-corrected chi connectivity index (χ1v) is 9.48. The highest BCUT2D eigenvalue weighted by Gasteiger charge is 2.22. The fourth-order valence-electron chi connectivity index (χ4n) is 3.30. The van der Waals surface area contributed by atoms with Crippen molar-refractivity contribution in [2.75, 3.05) is 11.9 Å². The predicted octanol–water partition coefficient (Wildman–Crippen LogP) is 3.63. The lowest BCUT2D eigenvalue weighted by atomic mass is 9.88. The molecule has 0 saturated heterocycles. The molecule has 146 valence electrons. The van der Waals surface area contributed by atoms with Crippen LogP contribution >= 0.6 is 12.4 Å². The van der Waals surface area contributed by atoms with Crippen molar-refractivity contribution >= 4 is 29.9 Å². The van der Waals surface area contributed by atoms with E-state index in [1.54, 1.807) is 0 Å². The van der Waals surface area contributed by atoms with Gasteiger partial charge in [0.2, 0.25) is 11.8 Å². The number of amides is 2. The molecule has 1 aromatic carbocycles. The van der Waals surface area contributed by atoms with Gasteiger partial charge in [-0.25, -0.2) is 0 Å². The molecule has 2 amide bonds. The topological polar surface area (TPSA) is 70.2 Å². The summed E-state index contributed by atoms with van der Waals surface area (Å²) >= 11 is 0. The summed E-state index contributed by atoms with van der Waals surface area (Å²) in [5.74, 6) is 0.159. The van der Waals surface area contributed by atoms with Gasteiger partial charge in [0.1, 0.15) is 0 Å². The molecule has 1 aromatic rings. The molecule has 2 rings (SSSR count). The zero-order valence-electron chi connectivity index (χ0n) is 15.8. The maximum absolute atomic E-state index is 12.2. The van der Waals surface area contributed by atoms with Crippen molar-refractivity contribution in [3.05, 3.63) is 29.8 Å².